The third-order valence-corrected chi connectivity index (χ3v) is 2.85. The molecule has 0 aliphatic heterocycles. The zero-order valence-electron chi connectivity index (χ0n) is 10.5. The predicted octanol–water partition coefficient (Wildman–Crippen LogP) is 2.44. The van der Waals surface area contributed by atoms with Gasteiger partial charge in [-0.15, -0.1) is 0 Å². The minimum atomic E-state index is -0.360. The number of esters is 1. The van der Waals surface area contributed by atoms with Gasteiger partial charge >= 0.3 is 5.97 Å². The minimum Gasteiger partial charge on any atom is -0.466 e. The Morgan fingerprint density at radius 2 is 2.31 bits per heavy atom. The summed E-state index contributed by atoms with van der Waals surface area (Å²) in [6.07, 6.45) is 4.42. The van der Waals surface area contributed by atoms with E-state index in [2.05, 4.69) is 13.8 Å². The monoisotopic (exact) mass is 226 g/mol. The highest BCUT2D eigenvalue weighted by Gasteiger charge is 2.27. The fourth-order valence-electron chi connectivity index (χ4n) is 2.31. The fraction of sp³-hybridized carbons (Fsp3) is 0.769. The van der Waals surface area contributed by atoms with Gasteiger partial charge in [-0.2, -0.15) is 0 Å². The molecule has 0 aromatic rings. The van der Waals surface area contributed by atoms with Gasteiger partial charge in [-0.25, -0.2) is 0 Å². The topological polar surface area (TPSA) is 46.5 Å². The van der Waals surface area contributed by atoms with E-state index >= 15 is 0 Å². The van der Waals surface area contributed by atoms with Gasteiger partial charge in [0.1, 0.15) is 0 Å². The third kappa shape index (κ3) is 4.35. The first-order valence-corrected chi connectivity index (χ1v) is 5.96. The Morgan fingerprint density at radius 3 is 2.88 bits per heavy atom. The zero-order valence-corrected chi connectivity index (χ0v) is 10.5. The van der Waals surface area contributed by atoms with Crippen molar-refractivity contribution in [2.75, 3.05) is 6.61 Å². The van der Waals surface area contributed by atoms with Crippen LogP contribution in [0.1, 0.15) is 46.5 Å². The minimum absolute atomic E-state index is 0.137. The van der Waals surface area contributed by atoms with Crippen molar-refractivity contribution in [2.24, 2.45) is 5.41 Å². The second-order valence-electron chi connectivity index (χ2n) is 5.24. The summed E-state index contributed by atoms with van der Waals surface area (Å²) in [7, 11) is 0. The first kappa shape index (κ1) is 13.2. The molecule has 1 aliphatic rings. The van der Waals surface area contributed by atoms with Gasteiger partial charge in [0.2, 0.25) is 0 Å². The third-order valence-electron chi connectivity index (χ3n) is 2.85. The molecule has 92 valence electrons. The van der Waals surface area contributed by atoms with Crippen molar-refractivity contribution in [3.63, 3.8) is 0 Å². The van der Waals surface area contributed by atoms with E-state index < -0.39 is 0 Å². The van der Waals surface area contributed by atoms with E-state index in [4.69, 9.17) is 4.74 Å². The molecule has 1 unspecified atom stereocenters. The zero-order chi connectivity index (χ0) is 12.2. The second kappa shape index (κ2) is 5.48. The van der Waals surface area contributed by atoms with Crippen molar-refractivity contribution in [2.45, 2.75) is 52.6 Å². The molecular weight excluding hydrogens is 204 g/mol. The number of allylic oxidation sites excluding steroid dienone is 1. The lowest BCUT2D eigenvalue weighted by Gasteiger charge is -2.32. The molecule has 0 saturated carbocycles. The predicted molar refractivity (Wildman–Crippen MR) is 63.0 cm³/mol. The Kier molecular flexibility index (Phi) is 4.54. The molecule has 0 bridgehead atoms. The summed E-state index contributed by atoms with van der Waals surface area (Å²) in [5.41, 5.74) is 1.31. The summed E-state index contributed by atoms with van der Waals surface area (Å²) in [5, 5.41) is 9.69. The summed E-state index contributed by atoms with van der Waals surface area (Å²) >= 11 is 0. The van der Waals surface area contributed by atoms with Gasteiger partial charge in [-0.05, 0) is 31.6 Å². The quantitative estimate of drug-likeness (QED) is 0.591. The van der Waals surface area contributed by atoms with Crippen LogP contribution in [0.15, 0.2) is 11.6 Å². The molecule has 0 amide bonds. The van der Waals surface area contributed by atoms with Gasteiger partial charge < -0.3 is 9.84 Å². The Balaban J connectivity index is 2.45. The fourth-order valence-corrected chi connectivity index (χ4v) is 2.31. The molecule has 1 rings (SSSR count). The van der Waals surface area contributed by atoms with E-state index in [0.717, 1.165) is 12.8 Å². The van der Waals surface area contributed by atoms with Gasteiger partial charge in [0.05, 0.1) is 12.7 Å². The largest absolute Gasteiger partial charge is 0.466 e. The summed E-state index contributed by atoms with van der Waals surface area (Å²) in [4.78, 5) is 11.2. The van der Waals surface area contributed by atoms with Gasteiger partial charge in [0, 0.05) is 6.42 Å². The van der Waals surface area contributed by atoms with E-state index in [1.807, 2.05) is 13.0 Å². The lowest BCUT2D eigenvalue weighted by molar-refractivity contribution is -0.143. The van der Waals surface area contributed by atoms with Crippen LogP contribution < -0.4 is 0 Å². The van der Waals surface area contributed by atoms with Crippen LogP contribution in [0.2, 0.25) is 0 Å². The molecule has 0 spiro atoms. The van der Waals surface area contributed by atoms with Crippen molar-refractivity contribution in [1.82, 2.24) is 0 Å². The highest BCUT2D eigenvalue weighted by molar-refractivity contribution is 5.69. The molecule has 0 fully saturated rings. The number of aliphatic hydroxyl groups excluding tert-OH is 1. The van der Waals surface area contributed by atoms with Crippen LogP contribution in [0.3, 0.4) is 0 Å². The maximum atomic E-state index is 11.2. The summed E-state index contributed by atoms with van der Waals surface area (Å²) in [5.74, 6) is -0.152. The number of ether oxygens (including phenoxy) is 1. The Labute approximate surface area is 97.5 Å². The van der Waals surface area contributed by atoms with Crippen LogP contribution in [0.4, 0.5) is 0 Å². The van der Waals surface area contributed by atoms with Crippen molar-refractivity contribution in [3.8, 4) is 0 Å². The molecule has 3 nitrogen and oxygen atoms in total. The summed E-state index contributed by atoms with van der Waals surface area (Å²) < 4.78 is 4.88. The first-order valence-electron chi connectivity index (χ1n) is 5.96. The number of hydrogen-bond donors (Lipinski definition) is 1. The van der Waals surface area contributed by atoms with Gasteiger partial charge in [0.25, 0.3) is 0 Å². The second-order valence-corrected chi connectivity index (χ2v) is 5.24. The molecule has 0 heterocycles. The number of carbonyl (C=O) groups is 1. The van der Waals surface area contributed by atoms with Crippen LogP contribution in [0.5, 0.6) is 0 Å². The van der Waals surface area contributed by atoms with Gasteiger partial charge in [-0.1, -0.05) is 25.5 Å². The molecule has 1 atom stereocenters. The number of aliphatic hydroxyl groups is 1. The van der Waals surface area contributed by atoms with E-state index in [0.29, 0.717) is 19.4 Å². The number of rotatable bonds is 4. The molecule has 16 heavy (non-hydrogen) atoms. The lowest BCUT2D eigenvalue weighted by Crippen LogP contribution is -2.25. The van der Waals surface area contributed by atoms with Crippen molar-refractivity contribution in [3.05, 3.63) is 11.6 Å². The normalized spacial score (nSPS) is 23.8. The van der Waals surface area contributed by atoms with Crippen LogP contribution in [0.25, 0.3) is 0 Å². The maximum Gasteiger partial charge on any atom is 0.306 e. The average Bonchev–Trinajstić information content (AvgIpc) is 2.12. The van der Waals surface area contributed by atoms with E-state index in [9.17, 15) is 9.90 Å². The molecule has 0 saturated heterocycles. The summed E-state index contributed by atoms with van der Waals surface area (Å²) in [6, 6.07) is 0. The van der Waals surface area contributed by atoms with Gasteiger partial charge in [0.15, 0.2) is 0 Å². The van der Waals surface area contributed by atoms with E-state index in [1.165, 1.54) is 5.57 Å². The molecular formula is C13H22O3. The standard InChI is InChI=1S/C13H22O3/c1-4-16-12(15)6-5-10-7-11(14)9-13(2,3)8-10/h7,11,14H,4-6,8-9H2,1-3H3. The van der Waals surface area contributed by atoms with E-state index in [1.54, 1.807) is 0 Å². The lowest BCUT2D eigenvalue weighted by atomic mass is 9.75. The molecule has 0 aromatic heterocycles. The van der Waals surface area contributed by atoms with Gasteiger partial charge in [-0.3, -0.25) is 4.79 Å². The molecule has 1 N–H and O–H groups in total. The van der Waals surface area contributed by atoms with Crippen LogP contribution in [-0.4, -0.2) is 23.8 Å². The smallest absolute Gasteiger partial charge is 0.306 e. The average molecular weight is 226 g/mol. The summed E-state index contributed by atoms with van der Waals surface area (Å²) in [6.45, 7) is 6.54. The van der Waals surface area contributed by atoms with Crippen LogP contribution >= 0.6 is 0 Å². The first-order chi connectivity index (χ1) is 7.43. The molecule has 3 heteroatoms. The SMILES string of the molecule is CCOC(=O)CCC1=CC(O)CC(C)(C)C1. The van der Waals surface area contributed by atoms with Crippen molar-refractivity contribution in [1.29, 1.82) is 0 Å². The highest BCUT2D eigenvalue weighted by Crippen LogP contribution is 2.36. The van der Waals surface area contributed by atoms with Crippen LogP contribution in [0, 0.1) is 5.41 Å². The molecule has 0 aromatic carbocycles. The maximum absolute atomic E-state index is 11.2. The highest BCUT2D eigenvalue weighted by atomic mass is 16.5. The Bertz CT molecular complexity index is 279. The Morgan fingerprint density at radius 1 is 1.62 bits per heavy atom. The molecule has 0 radical (unpaired) electrons. The molecule has 1 aliphatic carbocycles. The number of carbonyl (C=O) groups excluding carboxylic acids is 1. The van der Waals surface area contributed by atoms with E-state index in [-0.39, 0.29) is 17.5 Å². The van der Waals surface area contributed by atoms with Crippen molar-refractivity contribution >= 4 is 5.97 Å². The van der Waals surface area contributed by atoms with Crippen molar-refractivity contribution < 1.29 is 14.6 Å². The van der Waals surface area contributed by atoms with Crippen LogP contribution in [-0.2, 0) is 9.53 Å². The number of hydrogen-bond acceptors (Lipinski definition) is 3. The Hall–Kier alpha value is -0.830.